The molecule has 0 unspecified atom stereocenters. The molecule has 1 aliphatic carbocycles. The average molecular weight is 193 g/mol. The molecule has 0 spiro atoms. The van der Waals surface area contributed by atoms with Crippen molar-refractivity contribution in [2.24, 2.45) is 11.5 Å². The molecule has 0 fully saturated rings. The Morgan fingerprint density at radius 1 is 1.45 bits per heavy atom. The molecule has 0 aliphatic heterocycles. The fourth-order valence-electron chi connectivity index (χ4n) is 0.844. The van der Waals surface area contributed by atoms with Crippen LogP contribution in [0.25, 0.3) is 0 Å². The van der Waals surface area contributed by atoms with Gasteiger partial charge in [0.15, 0.2) is 0 Å². The van der Waals surface area contributed by atoms with Crippen molar-refractivity contribution in [1.29, 1.82) is 0 Å². The van der Waals surface area contributed by atoms with Crippen molar-refractivity contribution in [3.05, 3.63) is 23.8 Å². The molecule has 0 radical (unpaired) electrons. The molecule has 0 saturated heterocycles. The standard InChI is InChI=1S/C7H10Cl2N2/c8-6(9)5-1-3-7(10,11)4-2-5/h1-3,6H,4,10-11H2. The van der Waals surface area contributed by atoms with Gasteiger partial charge in [-0.15, -0.1) is 23.2 Å². The smallest absolute Gasteiger partial charge is 0.132 e. The van der Waals surface area contributed by atoms with Crippen molar-refractivity contribution in [3.8, 4) is 0 Å². The summed E-state index contributed by atoms with van der Waals surface area (Å²) in [4.78, 5) is -0.484. The predicted octanol–water partition coefficient (Wildman–Crippen LogP) is 1.29. The lowest BCUT2D eigenvalue weighted by atomic mass is 9.99. The van der Waals surface area contributed by atoms with Crippen LogP contribution in [0.5, 0.6) is 0 Å². The second-order valence-electron chi connectivity index (χ2n) is 2.65. The highest BCUT2D eigenvalue weighted by Gasteiger charge is 2.18. The molecule has 0 aromatic rings. The quantitative estimate of drug-likeness (QED) is 0.487. The van der Waals surface area contributed by atoms with Crippen molar-refractivity contribution in [1.82, 2.24) is 0 Å². The monoisotopic (exact) mass is 192 g/mol. The second kappa shape index (κ2) is 3.15. The molecule has 62 valence electrons. The maximum atomic E-state index is 5.61. The molecule has 4 N–H and O–H groups in total. The normalized spacial score (nSPS) is 22.1. The van der Waals surface area contributed by atoms with Crippen LogP contribution in [0.3, 0.4) is 0 Å². The van der Waals surface area contributed by atoms with E-state index in [-0.39, 0.29) is 0 Å². The molecule has 0 amide bonds. The van der Waals surface area contributed by atoms with Crippen LogP contribution < -0.4 is 11.5 Å². The van der Waals surface area contributed by atoms with Gasteiger partial charge in [-0.3, -0.25) is 0 Å². The Morgan fingerprint density at radius 3 is 2.45 bits per heavy atom. The van der Waals surface area contributed by atoms with Crippen LogP contribution in [-0.2, 0) is 0 Å². The minimum Gasteiger partial charge on any atom is -0.310 e. The molecule has 1 rings (SSSR count). The van der Waals surface area contributed by atoms with Gasteiger partial charge in [0.05, 0.1) is 5.66 Å². The molecule has 0 saturated carbocycles. The molecule has 0 atom stereocenters. The van der Waals surface area contributed by atoms with Crippen LogP contribution in [0.1, 0.15) is 6.42 Å². The Balaban J connectivity index is 2.68. The van der Waals surface area contributed by atoms with Crippen LogP contribution in [0, 0.1) is 0 Å². The van der Waals surface area contributed by atoms with Crippen molar-refractivity contribution in [2.45, 2.75) is 16.9 Å². The molecule has 0 aromatic carbocycles. The molecule has 4 heteroatoms. The van der Waals surface area contributed by atoms with Gasteiger partial charge in [-0.25, -0.2) is 0 Å². The molecule has 0 aromatic heterocycles. The maximum Gasteiger partial charge on any atom is 0.132 e. The fourth-order valence-corrected chi connectivity index (χ4v) is 1.17. The lowest BCUT2D eigenvalue weighted by Crippen LogP contribution is -2.47. The first-order chi connectivity index (χ1) is 5.01. The Labute approximate surface area is 75.8 Å². The zero-order valence-electron chi connectivity index (χ0n) is 5.93. The van der Waals surface area contributed by atoms with E-state index >= 15 is 0 Å². The van der Waals surface area contributed by atoms with E-state index in [4.69, 9.17) is 34.7 Å². The third kappa shape index (κ3) is 2.49. The predicted molar refractivity (Wildman–Crippen MR) is 48.4 cm³/mol. The summed E-state index contributed by atoms with van der Waals surface area (Å²) in [6, 6.07) is 0. The number of hydrogen-bond donors (Lipinski definition) is 2. The number of nitrogens with two attached hydrogens (primary N) is 2. The van der Waals surface area contributed by atoms with E-state index in [2.05, 4.69) is 0 Å². The Hall–Kier alpha value is -0.0200. The van der Waals surface area contributed by atoms with Crippen molar-refractivity contribution in [2.75, 3.05) is 0 Å². The van der Waals surface area contributed by atoms with E-state index in [9.17, 15) is 0 Å². The van der Waals surface area contributed by atoms with E-state index in [0.29, 0.717) is 6.42 Å². The first-order valence-electron chi connectivity index (χ1n) is 3.26. The second-order valence-corrected chi connectivity index (χ2v) is 3.75. The average Bonchev–Trinajstić information content (AvgIpc) is 1.86. The SMILES string of the molecule is NC1(N)C=CC(C(Cl)Cl)=CC1. The topological polar surface area (TPSA) is 52.0 Å². The van der Waals surface area contributed by atoms with Crippen LogP contribution in [0.15, 0.2) is 23.8 Å². The third-order valence-corrected chi connectivity index (χ3v) is 2.03. The highest BCUT2D eigenvalue weighted by atomic mass is 35.5. The largest absolute Gasteiger partial charge is 0.310 e. The maximum absolute atomic E-state index is 5.61. The fraction of sp³-hybridized carbons (Fsp3) is 0.429. The molecule has 0 heterocycles. The van der Waals surface area contributed by atoms with Crippen molar-refractivity contribution < 1.29 is 0 Å². The van der Waals surface area contributed by atoms with Gasteiger partial charge in [0.1, 0.15) is 4.84 Å². The molecule has 0 bridgehead atoms. The van der Waals surface area contributed by atoms with E-state index in [0.717, 1.165) is 5.57 Å². The van der Waals surface area contributed by atoms with Gasteiger partial charge in [-0.1, -0.05) is 12.2 Å². The van der Waals surface area contributed by atoms with Gasteiger partial charge >= 0.3 is 0 Å². The summed E-state index contributed by atoms with van der Waals surface area (Å²) in [5, 5.41) is 0. The van der Waals surface area contributed by atoms with Gasteiger partial charge in [0.2, 0.25) is 0 Å². The summed E-state index contributed by atoms with van der Waals surface area (Å²) >= 11 is 11.2. The van der Waals surface area contributed by atoms with Gasteiger partial charge < -0.3 is 11.5 Å². The number of hydrogen-bond acceptors (Lipinski definition) is 2. The zero-order chi connectivity index (χ0) is 8.48. The lowest BCUT2D eigenvalue weighted by molar-refractivity contribution is 0.554. The van der Waals surface area contributed by atoms with Gasteiger partial charge in [0.25, 0.3) is 0 Å². The van der Waals surface area contributed by atoms with Gasteiger partial charge in [-0.05, 0) is 11.6 Å². The number of allylic oxidation sites excluding steroid dienone is 2. The highest BCUT2D eigenvalue weighted by molar-refractivity contribution is 6.46. The first-order valence-corrected chi connectivity index (χ1v) is 4.14. The van der Waals surface area contributed by atoms with Crippen LogP contribution in [0.4, 0.5) is 0 Å². The van der Waals surface area contributed by atoms with Crippen molar-refractivity contribution >= 4 is 23.2 Å². The number of rotatable bonds is 1. The summed E-state index contributed by atoms with van der Waals surface area (Å²) in [5.74, 6) is 0. The third-order valence-electron chi connectivity index (χ3n) is 1.53. The summed E-state index contributed by atoms with van der Waals surface area (Å²) in [5.41, 5.74) is 11.3. The minimum absolute atomic E-state index is 0.484. The number of halogens is 2. The first kappa shape index (κ1) is 9.07. The summed E-state index contributed by atoms with van der Waals surface area (Å²) in [7, 11) is 0. The Morgan fingerprint density at radius 2 is 2.09 bits per heavy atom. The molecular weight excluding hydrogens is 183 g/mol. The molecule has 2 nitrogen and oxygen atoms in total. The summed E-state index contributed by atoms with van der Waals surface area (Å²) in [6.07, 6.45) is 5.90. The Kier molecular flexibility index (Phi) is 2.60. The number of alkyl halides is 2. The summed E-state index contributed by atoms with van der Waals surface area (Å²) in [6.45, 7) is 0. The van der Waals surface area contributed by atoms with Crippen LogP contribution >= 0.6 is 23.2 Å². The van der Waals surface area contributed by atoms with Crippen LogP contribution in [0.2, 0.25) is 0 Å². The Bertz CT molecular complexity index is 206. The lowest BCUT2D eigenvalue weighted by Gasteiger charge is -2.22. The highest BCUT2D eigenvalue weighted by Crippen LogP contribution is 2.22. The minimum atomic E-state index is -0.730. The van der Waals surface area contributed by atoms with E-state index in [1.165, 1.54) is 0 Å². The molecule has 1 aliphatic rings. The zero-order valence-corrected chi connectivity index (χ0v) is 7.44. The molecule has 11 heavy (non-hydrogen) atoms. The van der Waals surface area contributed by atoms with E-state index < -0.39 is 10.5 Å². The van der Waals surface area contributed by atoms with E-state index in [1.54, 1.807) is 12.2 Å². The summed E-state index contributed by atoms with van der Waals surface area (Å²) < 4.78 is 0. The van der Waals surface area contributed by atoms with Gasteiger partial charge in [0, 0.05) is 6.42 Å². The van der Waals surface area contributed by atoms with E-state index in [1.807, 2.05) is 6.08 Å². The molecular formula is C7H10Cl2N2. The van der Waals surface area contributed by atoms with Crippen LogP contribution in [-0.4, -0.2) is 10.5 Å². The van der Waals surface area contributed by atoms with Crippen molar-refractivity contribution in [3.63, 3.8) is 0 Å². The van der Waals surface area contributed by atoms with Gasteiger partial charge in [-0.2, -0.15) is 0 Å².